The molecule has 3 rings (SSSR count). The molecule has 0 aliphatic rings. The summed E-state index contributed by atoms with van der Waals surface area (Å²) in [4.78, 5) is 11.9. The number of nitrogens with zero attached hydrogens (tertiary/aromatic N) is 2. The van der Waals surface area contributed by atoms with E-state index in [2.05, 4.69) is 26.5 Å². The van der Waals surface area contributed by atoms with Gasteiger partial charge in [0.15, 0.2) is 0 Å². The molecule has 1 heterocycles. The van der Waals surface area contributed by atoms with Crippen LogP contribution in [0.2, 0.25) is 0 Å². The molecule has 0 radical (unpaired) electrons. The van der Waals surface area contributed by atoms with E-state index in [1.807, 2.05) is 77.5 Å². The SMILES string of the molecule is O=C(Cc1ccccc1)N/N=C/c1cccn1-c1ccc(Br)cc1. The topological polar surface area (TPSA) is 46.4 Å². The van der Waals surface area contributed by atoms with Crippen LogP contribution >= 0.6 is 15.9 Å². The highest BCUT2D eigenvalue weighted by atomic mass is 79.9. The maximum Gasteiger partial charge on any atom is 0.244 e. The molecule has 1 N–H and O–H groups in total. The summed E-state index contributed by atoms with van der Waals surface area (Å²) >= 11 is 3.43. The Labute approximate surface area is 149 Å². The molecular formula is C19H16BrN3O. The van der Waals surface area contributed by atoms with Gasteiger partial charge in [0, 0.05) is 16.4 Å². The number of hydrazone groups is 1. The van der Waals surface area contributed by atoms with Crippen LogP contribution in [-0.4, -0.2) is 16.7 Å². The molecule has 5 heteroatoms. The van der Waals surface area contributed by atoms with Crippen molar-refractivity contribution in [2.75, 3.05) is 0 Å². The molecule has 0 aliphatic carbocycles. The van der Waals surface area contributed by atoms with E-state index in [0.717, 1.165) is 21.4 Å². The van der Waals surface area contributed by atoms with E-state index in [1.54, 1.807) is 6.21 Å². The van der Waals surface area contributed by atoms with E-state index in [1.165, 1.54) is 0 Å². The molecule has 2 aromatic carbocycles. The molecule has 1 aromatic heterocycles. The van der Waals surface area contributed by atoms with Gasteiger partial charge in [-0.15, -0.1) is 0 Å². The van der Waals surface area contributed by atoms with Gasteiger partial charge in [-0.2, -0.15) is 5.10 Å². The number of nitrogens with one attached hydrogen (secondary N) is 1. The van der Waals surface area contributed by atoms with Gasteiger partial charge in [-0.05, 0) is 42.0 Å². The molecule has 4 nitrogen and oxygen atoms in total. The maximum atomic E-state index is 11.9. The summed E-state index contributed by atoms with van der Waals surface area (Å²) in [6, 6.07) is 21.5. The largest absolute Gasteiger partial charge is 0.316 e. The highest BCUT2D eigenvalue weighted by Crippen LogP contribution is 2.15. The van der Waals surface area contributed by atoms with Crippen molar-refractivity contribution in [3.8, 4) is 5.69 Å². The third-order valence-corrected chi connectivity index (χ3v) is 4.01. The third kappa shape index (κ3) is 4.20. The van der Waals surface area contributed by atoms with E-state index < -0.39 is 0 Å². The van der Waals surface area contributed by atoms with Crippen LogP contribution in [0.3, 0.4) is 0 Å². The summed E-state index contributed by atoms with van der Waals surface area (Å²) in [7, 11) is 0. The molecule has 24 heavy (non-hydrogen) atoms. The number of amides is 1. The van der Waals surface area contributed by atoms with Crippen LogP contribution in [0, 0.1) is 0 Å². The number of hydrogen-bond acceptors (Lipinski definition) is 2. The second-order valence-corrected chi connectivity index (χ2v) is 6.15. The van der Waals surface area contributed by atoms with Gasteiger partial charge in [0.1, 0.15) is 0 Å². The van der Waals surface area contributed by atoms with Gasteiger partial charge >= 0.3 is 0 Å². The highest BCUT2D eigenvalue weighted by Gasteiger charge is 2.03. The van der Waals surface area contributed by atoms with Crippen molar-refractivity contribution in [1.82, 2.24) is 9.99 Å². The van der Waals surface area contributed by atoms with Crippen molar-refractivity contribution in [3.05, 3.63) is 88.7 Å². The quantitative estimate of drug-likeness (QED) is 0.528. The van der Waals surface area contributed by atoms with Crippen molar-refractivity contribution < 1.29 is 4.79 Å². The van der Waals surface area contributed by atoms with Crippen molar-refractivity contribution in [2.24, 2.45) is 5.10 Å². The molecule has 0 saturated heterocycles. The zero-order chi connectivity index (χ0) is 16.8. The van der Waals surface area contributed by atoms with Gasteiger partial charge in [0.2, 0.25) is 5.91 Å². The van der Waals surface area contributed by atoms with E-state index in [4.69, 9.17) is 0 Å². The zero-order valence-corrected chi connectivity index (χ0v) is 14.5. The summed E-state index contributed by atoms with van der Waals surface area (Å²) in [5, 5.41) is 4.06. The molecule has 0 saturated carbocycles. The van der Waals surface area contributed by atoms with Gasteiger partial charge in [-0.25, -0.2) is 5.43 Å². The molecule has 0 unspecified atom stereocenters. The van der Waals surface area contributed by atoms with Gasteiger partial charge < -0.3 is 4.57 Å². The summed E-state index contributed by atoms with van der Waals surface area (Å²) in [6.45, 7) is 0. The Morgan fingerprint density at radius 3 is 2.54 bits per heavy atom. The lowest BCUT2D eigenvalue weighted by Gasteiger charge is -2.06. The average Bonchev–Trinajstić information content (AvgIpc) is 3.05. The Morgan fingerprint density at radius 2 is 1.79 bits per heavy atom. The molecule has 0 fully saturated rings. The number of hydrogen-bond donors (Lipinski definition) is 1. The fourth-order valence-electron chi connectivity index (χ4n) is 2.33. The first kappa shape index (κ1) is 16.2. The first-order valence-electron chi connectivity index (χ1n) is 7.51. The average molecular weight is 382 g/mol. The predicted molar refractivity (Wildman–Crippen MR) is 99.4 cm³/mol. The lowest BCUT2D eigenvalue weighted by atomic mass is 10.1. The van der Waals surface area contributed by atoms with Gasteiger partial charge in [-0.1, -0.05) is 46.3 Å². The van der Waals surface area contributed by atoms with E-state index >= 15 is 0 Å². The Kier molecular flexibility index (Phi) is 5.23. The Morgan fingerprint density at radius 1 is 1.04 bits per heavy atom. The lowest BCUT2D eigenvalue weighted by molar-refractivity contribution is -0.120. The van der Waals surface area contributed by atoms with Crippen LogP contribution in [0.25, 0.3) is 5.69 Å². The second kappa shape index (κ2) is 7.75. The number of carbonyl (C=O) groups excluding carboxylic acids is 1. The van der Waals surface area contributed by atoms with Crippen LogP contribution in [0.1, 0.15) is 11.3 Å². The first-order chi connectivity index (χ1) is 11.7. The van der Waals surface area contributed by atoms with Crippen LogP contribution in [0.15, 0.2) is 82.5 Å². The fraction of sp³-hybridized carbons (Fsp3) is 0.0526. The highest BCUT2D eigenvalue weighted by molar-refractivity contribution is 9.10. The Hall–Kier alpha value is -2.66. The van der Waals surface area contributed by atoms with Crippen LogP contribution in [0.4, 0.5) is 0 Å². The number of carbonyl (C=O) groups is 1. The van der Waals surface area contributed by atoms with Crippen molar-refractivity contribution in [3.63, 3.8) is 0 Å². The maximum absolute atomic E-state index is 11.9. The molecule has 0 spiro atoms. The lowest BCUT2D eigenvalue weighted by Crippen LogP contribution is -2.19. The smallest absolute Gasteiger partial charge is 0.244 e. The molecular weight excluding hydrogens is 366 g/mol. The van der Waals surface area contributed by atoms with E-state index in [-0.39, 0.29) is 5.91 Å². The van der Waals surface area contributed by atoms with Gasteiger partial charge in [-0.3, -0.25) is 4.79 Å². The minimum atomic E-state index is -0.140. The molecule has 0 bridgehead atoms. The number of halogens is 1. The van der Waals surface area contributed by atoms with Gasteiger partial charge in [0.05, 0.1) is 18.3 Å². The standard InChI is InChI=1S/C19H16BrN3O/c20-16-8-10-17(11-9-16)23-12-4-7-18(23)14-21-22-19(24)13-15-5-2-1-3-6-15/h1-12,14H,13H2,(H,22,24)/b21-14+. The van der Waals surface area contributed by atoms with E-state index in [9.17, 15) is 4.79 Å². The van der Waals surface area contributed by atoms with E-state index in [0.29, 0.717) is 6.42 Å². The molecule has 0 aliphatic heterocycles. The summed E-state index contributed by atoms with van der Waals surface area (Å²) in [5.41, 5.74) is 5.44. The Bertz CT molecular complexity index is 839. The van der Waals surface area contributed by atoms with Gasteiger partial charge in [0.25, 0.3) is 0 Å². The van der Waals surface area contributed by atoms with Crippen molar-refractivity contribution >= 4 is 28.1 Å². The normalized spacial score (nSPS) is 10.9. The van der Waals surface area contributed by atoms with Crippen molar-refractivity contribution in [2.45, 2.75) is 6.42 Å². The number of aromatic nitrogens is 1. The zero-order valence-electron chi connectivity index (χ0n) is 12.9. The van der Waals surface area contributed by atoms with Crippen LogP contribution in [-0.2, 0) is 11.2 Å². The number of rotatable bonds is 5. The van der Waals surface area contributed by atoms with Crippen molar-refractivity contribution in [1.29, 1.82) is 0 Å². The summed E-state index contributed by atoms with van der Waals surface area (Å²) in [5.74, 6) is -0.140. The number of benzene rings is 2. The fourth-order valence-corrected chi connectivity index (χ4v) is 2.59. The summed E-state index contributed by atoms with van der Waals surface area (Å²) in [6.07, 6.45) is 3.91. The van der Waals surface area contributed by atoms with Crippen LogP contribution < -0.4 is 5.43 Å². The molecule has 3 aromatic rings. The monoisotopic (exact) mass is 381 g/mol. The second-order valence-electron chi connectivity index (χ2n) is 5.24. The predicted octanol–water partition coefficient (Wildman–Crippen LogP) is 3.93. The minimum absolute atomic E-state index is 0.140. The first-order valence-corrected chi connectivity index (χ1v) is 8.31. The third-order valence-electron chi connectivity index (χ3n) is 3.48. The molecule has 1 amide bonds. The van der Waals surface area contributed by atoms with Crippen LogP contribution in [0.5, 0.6) is 0 Å². The molecule has 0 atom stereocenters. The summed E-state index contributed by atoms with van der Waals surface area (Å²) < 4.78 is 3.03. The minimum Gasteiger partial charge on any atom is -0.316 e. The Balaban J connectivity index is 1.64. The molecule has 120 valence electrons.